The van der Waals surface area contributed by atoms with Gasteiger partial charge in [0.2, 0.25) is 0 Å². The summed E-state index contributed by atoms with van der Waals surface area (Å²) in [6.45, 7) is 1.89. The number of H-pyrrole nitrogens is 1. The Kier molecular flexibility index (Phi) is 1.68. The number of aryl methyl sites for hydroxylation is 1. The molecule has 1 aliphatic heterocycles. The SMILES string of the molecule is Cc1cc(=O)c2c([nH]1)NC[B]C2. The van der Waals surface area contributed by atoms with E-state index in [1.807, 2.05) is 6.92 Å². The van der Waals surface area contributed by atoms with E-state index in [0.717, 1.165) is 29.8 Å². The molecule has 12 heavy (non-hydrogen) atoms. The van der Waals surface area contributed by atoms with Crippen molar-refractivity contribution in [2.45, 2.75) is 13.2 Å². The number of nitrogens with one attached hydrogen (secondary N) is 2. The van der Waals surface area contributed by atoms with Gasteiger partial charge >= 0.3 is 0 Å². The third-order valence-corrected chi connectivity index (χ3v) is 2.04. The first-order valence-corrected chi connectivity index (χ1v) is 4.06. The van der Waals surface area contributed by atoms with Gasteiger partial charge in [0, 0.05) is 17.3 Å². The van der Waals surface area contributed by atoms with Gasteiger partial charge in [-0.25, -0.2) is 0 Å². The van der Waals surface area contributed by atoms with Crippen LogP contribution in [0, 0.1) is 6.92 Å². The zero-order valence-corrected chi connectivity index (χ0v) is 6.98. The minimum Gasteiger partial charge on any atom is -0.380 e. The molecule has 0 spiro atoms. The van der Waals surface area contributed by atoms with Gasteiger partial charge in [-0.3, -0.25) is 4.79 Å². The lowest BCUT2D eigenvalue weighted by Crippen LogP contribution is -2.26. The van der Waals surface area contributed by atoms with Crippen LogP contribution in [-0.4, -0.2) is 18.7 Å². The highest BCUT2D eigenvalue weighted by Crippen LogP contribution is 2.11. The molecule has 0 saturated heterocycles. The van der Waals surface area contributed by atoms with Gasteiger partial charge in [-0.15, -0.1) is 0 Å². The molecule has 0 amide bonds. The fourth-order valence-corrected chi connectivity index (χ4v) is 1.46. The zero-order valence-electron chi connectivity index (χ0n) is 6.98. The van der Waals surface area contributed by atoms with Crippen LogP contribution in [0.5, 0.6) is 0 Å². The first-order chi connectivity index (χ1) is 5.77. The minimum absolute atomic E-state index is 0.129. The van der Waals surface area contributed by atoms with Crippen molar-refractivity contribution >= 4 is 13.1 Å². The average Bonchev–Trinajstić information content (AvgIpc) is 2.04. The second kappa shape index (κ2) is 2.70. The number of aromatic nitrogens is 1. The van der Waals surface area contributed by atoms with E-state index in [1.54, 1.807) is 6.07 Å². The molecule has 2 heterocycles. The predicted molar refractivity (Wildman–Crippen MR) is 49.7 cm³/mol. The third-order valence-electron chi connectivity index (χ3n) is 2.04. The Balaban J connectivity index is 2.60. The molecule has 4 heteroatoms. The average molecular weight is 161 g/mol. The Labute approximate surface area is 71.4 Å². The van der Waals surface area contributed by atoms with E-state index >= 15 is 0 Å². The molecule has 0 fully saturated rings. The van der Waals surface area contributed by atoms with Gasteiger partial charge in [0.15, 0.2) is 5.43 Å². The van der Waals surface area contributed by atoms with Crippen LogP contribution in [0.15, 0.2) is 10.9 Å². The topological polar surface area (TPSA) is 44.9 Å². The van der Waals surface area contributed by atoms with Crippen LogP contribution in [0.2, 0.25) is 0 Å². The van der Waals surface area contributed by atoms with Crippen molar-refractivity contribution in [3.63, 3.8) is 0 Å². The number of fused-ring (bicyclic) bond motifs is 1. The van der Waals surface area contributed by atoms with Crippen LogP contribution in [0.3, 0.4) is 0 Å². The molecule has 0 atom stereocenters. The summed E-state index contributed by atoms with van der Waals surface area (Å²) in [5.41, 5.74) is 1.89. The Hall–Kier alpha value is -1.19. The number of aromatic amines is 1. The monoisotopic (exact) mass is 161 g/mol. The summed E-state index contributed by atoms with van der Waals surface area (Å²) >= 11 is 0. The van der Waals surface area contributed by atoms with Crippen LogP contribution in [0.4, 0.5) is 5.82 Å². The summed E-state index contributed by atoms with van der Waals surface area (Å²) < 4.78 is 0. The maximum atomic E-state index is 11.4. The van der Waals surface area contributed by atoms with E-state index in [4.69, 9.17) is 0 Å². The molecular weight excluding hydrogens is 151 g/mol. The maximum Gasteiger partial charge on any atom is 0.186 e. The summed E-state index contributed by atoms with van der Waals surface area (Å²) in [6.07, 6.45) is 1.62. The summed E-state index contributed by atoms with van der Waals surface area (Å²) in [6, 6.07) is 1.64. The smallest absolute Gasteiger partial charge is 0.186 e. The number of hydrogen-bond acceptors (Lipinski definition) is 2. The standard InChI is InChI=1S/C8H10BN2O/c1-5-2-7(12)6-3-9-4-10-8(6)11-5/h2H,3-4H2,1H3,(H2,10,11,12). The van der Waals surface area contributed by atoms with Crippen molar-refractivity contribution in [2.24, 2.45) is 0 Å². The van der Waals surface area contributed by atoms with E-state index in [0.29, 0.717) is 0 Å². The quantitative estimate of drug-likeness (QED) is 0.536. The normalized spacial score (nSPS) is 14.4. The molecular formula is C8H10BN2O. The molecule has 61 valence electrons. The fourth-order valence-electron chi connectivity index (χ4n) is 1.46. The predicted octanol–water partition coefficient (Wildman–Crippen LogP) is 0.271. The van der Waals surface area contributed by atoms with E-state index < -0.39 is 0 Å². The second-order valence-electron chi connectivity index (χ2n) is 3.04. The van der Waals surface area contributed by atoms with Gasteiger partial charge in [0.05, 0.1) is 0 Å². The fraction of sp³-hybridized carbons (Fsp3) is 0.375. The Morgan fingerprint density at radius 1 is 1.58 bits per heavy atom. The summed E-state index contributed by atoms with van der Waals surface area (Å²) in [5, 5.41) is 3.13. The highest BCUT2D eigenvalue weighted by atomic mass is 16.1. The maximum absolute atomic E-state index is 11.4. The lowest BCUT2D eigenvalue weighted by Gasteiger charge is -2.16. The largest absolute Gasteiger partial charge is 0.380 e. The number of rotatable bonds is 0. The third kappa shape index (κ3) is 1.13. The van der Waals surface area contributed by atoms with E-state index in [1.165, 1.54) is 0 Å². The lowest BCUT2D eigenvalue weighted by molar-refractivity contribution is 1.09. The first kappa shape index (κ1) is 7.46. The highest BCUT2D eigenvalue weighted by molar-refractivity contribution is 6.36. The second-order valence-corrected chi connectivity index (χ2v) is 3.04. The van der Waals surface area contributed by atoms with Gasteiger partial charge in [-0.2, -0.15) is 0 Å². The van der Waals surface area contributed by atoms with Crippen LogP contribution >= 0.6 is 0 Å². The van der Waals surface area contributed by atoms with Crippen molar-refractivity contribution in [2.75, 3.05) is 11.8 Å². The molecule has 0 unspecified atom stereocenters. The van der Waals surface area contributed by atoms with Crippen molar-refractivity contribution in [3.8, 4) is 0 Å². The van der Waals surface area contributed by atoms with Gasteiger partial charge in [-0.05, 0) is 19.7 Å². The summed E-state index contributed by atoms with van der Waals surface area (Å²) in [5.74, 6) is 0.891. The zero-order chi connectivity index (χ0) is 8.55. The molecule has 3 nitrogen and oxygen atoms in total. The Morgan fingerprint density at radius 2 is 2.42 bits per heavy atom. The number of pyridine rings is 1. The Morgan fingerprint density at radius 3 is 3.25 bits per heavy atom. The summed E-state index contributed by atoms with van der Waals surface area (Å²) in [7, 11) is 2.06. The van der Waals surface area contributed by atoms with Gasteiger partial charge in [-0.1, -0.05) is 0 Å². The Bertz CT molecular complexity index is 359. The highest BCUT2D eigenvalue weighted by Gasteiger charge is 2.12. The molecule has 2 N–H and O–H groups in total. The molecule has 1 radical (unpaired) electrons. The minimum atomic E-state index is 0.129. The molecule has 0 aliphatic carbocycles. The number of anilines is 1. The molecule has 1 aromatic heterocycles. The van der Waals surface area contributed by atoms with Crippen LogP contribution < -0.4 is 10.7 Å². The van der Waals surface area contributed by atoms with Crippen molar-refractivity contribution in [3.05, 3.63) is 27.5 Å². The molecule has 0 bridgehead atoms. The van der Waals surface area contributed by atoms with E-state index in [-0.39, 0.29) is 5.43 Å². The van der Waals surface area contributed by atoms with Gasteiger partial charge in [0.1, 0.15) is 13.1 Å². The molecule has 1 aromatic rings. The summed E-state index contributed by atoms with van der Waals surface area (Å²) in [4.78, 5) is 14.5. The van der Waals surface area contributed by atoms with E-state index in [9.17, 15) is 4.79 Å². The molecule has 1 aliphatic rings. The van der Waals surface area contributed by atoms with Crippen molar-refractivity contribution < 1.29 is 0 Å². The van der Waals surface area contributed by atoms with Crippen molar-refractivity contribution in [1.29, 1.82) is 0 Å². The van der Waals surface area contributed by atoms with Crippen LogP contribution in [0.25, 0.3) is 0 Å². The number of hydrogen-bond donors (Lipinski definition) is 2. The van der Waals surface area contributed by atoms with Gasteiger partial charge in [0.25, 0.3) is 0 Å². The molecule has 2 rings (SSSR count). The first-order valence-electron chi connectivity index (χ1n) is 4.06. The van der Waals surface area contributed by atoms with E-state index in [2.05, 4.69) is 17.6 Å². The molecule has 0 saturated carbocycles. The lowest BCUT2D eigenvalue weighted by atomic mass is 9.70. The van der Waals surface area contributed by atoms with Crippen LogP contribution in [-0.2, 0) is 6.32 Å². The van der Waals surface area contributed by atoms with Gasteiger partial charge < -0.3 is 10.3 Å². The molecule has 0 aromatic carbocycles. The van der Waals surface area contributed by atoms with Crippen molar-refractivity contribution in [1.82, 2.24) is 4.98 Å². The van der Waals surface area contributed by atoms with Crippen LogP contribution in [0.1, 0.15) is 11.3 Å².